The maximum absolute atomic E-state index is 4.93. The first-order valence-corrected chi connectivity index (χ1v) is 5.31. The van der Waals surface area contributed by atoms with E-state index in [1.807, 2.05) is 25.1 Å². The summed E-state index contributed by atoms with van der Waals surface area (Å²) in [5.74, 6) is 0. The first-order chi connectivity index (χ1) is 5.59. The van der Waals surface area contributed by atoms with Gasteiger partial charge in [-0.1, -0.05) is 28.1 Å². The molecule has 0 aliphatic heterocycles. The lowest BCUT2D eigenvalue weighted by atomic mass is 10.3. The fraction of sp³-hybridized carbons (Fsp3) is 0.125. The third kappa shape index (κ3) is 2.84. The lowest BCUT2D eigenvalue weighted by molar-refractivity contribution is 1.56. The highest BCUT2D eigenvalue weighted by molar-refractivity contribution is 9.11. The molecule has 64 valence electrons. The van der Waals surface area contributed by atoms with E-state index in [0.29, 0.717) is 0 Å². The topological polar surface area (TPSA) is 12.0 Å². The van der Waals surface area contributed by atoms with Crippen LogP contribution in [0.1, 0.15) is 6.92 Å². The molecular weight excluding hydrogens is 302 g/mol. The van der Waals surface area contributed by atoms with Crippen LogP contribution in [-0.2, 0) is 0 Å². The Morgan fingerprint density at radius 1 is 1.42 bits per heavy atom. The highest BCUT2D eigenvalue weighted by atomic mass is 79.9. The van der Waals surface area contributed by atoms with Crippen LogP contribution in [0.25, 0.3) is 0 Å². The molecule has 0 amide bonds. The second-order valence-corrected chi connectivity index (χ2v) is 4.69. The van der Waals surface area contributed by atoms with Crippen molar-refractivity contribution in [2.24, 2.45) is 0 Å². The smallest absolute Gasteiger partial charge is 0.0766 e. The van der Waals surface area contributed by atoms with Crippen molar-refractivity contribution in [3.63, 3.8) is 0 Å². The molecule has 0 saturated carbocycles. The fourth-order valence-corrected chi connectivity index (χ4v) is 1.60. The highest BCUT2D eigenvalue weighted by Gasteiger charge is 1.99. The molecule has 0 aliphatic rings. The number of nitrogens with one attached hydrogen (secondary N) is 1. The number of hydrogen-bond acceptors (Lipinski definition) is 1. The van der Waals surface area contributed by atoms with Gasteiger partial charge in [0.15, 0.2) is 0 Å². The van der Waals surface area contributed by atoms with E-state index in [1.54, 1.807) is 0 Å². The van der Waals surface area contributed by atoms with Crippen molar-refractivity contribution in [2.75, 3.05) is 5.32 Å². The van der Waals surface area contributed by atoms with Crippen molar-refractivity contribution in [1.82, 2.24) is 0 Å². The van der Waals surface area contributed by atoms with Gasteiger partial charge in [0.1, 0.15) is 0 Å². The average Bonchev–Trinajstić information content (AvgIpc) is 1.96. The number of hydrogen-bond donors (Lipinski definition) is 1. The standard InChI is InChI=1S/C8H7Br2NS/c1-5(12)11-8-4-6(9)2-3-7(8)10/h2-4H,1H3,(H,11,12). The molecule has 0 bridgehead atoms. The number of thiocarbonyl (C=S) groups is 1. The van der Waals surface area contributed by atoms with Crippen molar-refractivity contribution in [3.05, 3.63) is 27.1 Å². The minimum absolute atomic E-state index is 0.758. The zero-order valence-electron chi connectivity index (χ0n) is 6.40. The Bertz CT molecular complexity index is 312. The van der Waals surface area contributed by atoms with Crippen LogP contribution in [0.4, 0.5) is 5.69 Å². The lowest BCUT2D eigenvalue weighted by Gasteiger charge is -2.06. The van der Waals surface area contributed by atoms with Gasteiger partial charge in [0.05, 0.1) is 10.7 Å². The number of benzene rings is 1. The quantitative estimate of drug-likeness (QED) is 0.788. The van der Waals surface area contributed by atoms with Crippen molar-refractivity contribution in [3.8, 4) is 0 Å². The van der Waals surface area contributed by atoms with Crippen LogP contribution in [0.15, 0.2) is 27.1 Å². The first-order valence-electron chi connectivity index (χ1n) is 3.32. The predicted octanol–water partition coefficient (Wildman–Crippen LogP) is 3.97. The molecule has 1 nitrogen and oxygen atoms in total. The molecule has 1 aromatic rings. The molecule has 0 aromatic heterocycles. The number of anilines is 1. The molecule has 0 saturated heterocycles. The van der Waals surface area contributed by atoms with E-state index in [0.717, 1.165) is 19.6 Å². The zero-order valence-corrected chi connectivity index (χ0v) is 10.4. The summed E-state index contributed by atoms with van der Waals surface area (Å²) in [4.78, 5) is 0.758. The molecule has 0 aliphatic carbocycles. The molecule has 0 heterocycles. The van der Waals surface area contributed by atoms with E-state index in [1.165, 1.54) is 0 Å². The summed E-state index contributed by atoms with van der Waals surface area (Å²) < 4.78 is 2.04. The second kappa shape index (κ2) is 4.35. The third-order valence-corrected chi connectivity index (χ3v) is 2.53. The normalized spacial score (nSPS) is 9.58. The van der Waals surface area contributed by atoms with E-state index in [-0.39, 0.29) is 0 Å². The van der Waals surface area contributed by atoms with Gasteiger partial charge < -0.3 is 5.32 Å². The summed E-state index contributed by atoms with van der Waals surface area (Å²) in [6, 6.07) is 5.90. The van der Waals surface area contributed by atoms with E-state index in [4.69, 9.17) is 12.2 Å². The first kappa shape index (κ1) is 10.2. The van der Waals surface area contributed by atoms with Gasteiger partial charge in [-0.2, -0.15) is 0 Å². The maximum Gasteiger partial charge on any atom is 0.0766 e. The van der Waals surface area contributed by atoms with E-state index < -0.39 is 0 Å². The molecule has 4 heteroatoms. The summed E-state index contributed by atoms with van der Waals surface area (Å²) in [6.45, 7) is 1.85. The van der Waals surface area contributed by atoms with Gasteiger partial charge in [-0.15, -0.1) is 0 Å². The fourth-order valence-electron chi connectivity index (χ4n) is 0.783. The van der Waals surface area contributed by atoms with Gasteiger partial charge >= 0.3 is 0 Å². The average molecular weight is 309 g/mol. The van der Waals surface area contributed by atoms with Crippen LogP contribution < -0.4 is 5.32 Å². The lowest BCUT2D eigenvalue weighted by Crippen LogP contribution is -2.03. The molecule has 0 spiro atoms. The van der Waals surface area contributed by atoms with Crippen LogP contribution in [-0.4, -0.2) is 4.99 Å². The van der Waals surface area contributed by atoms with Crippen molar-refractivity contribution >= 4 is 54.8 Å². The Morgan fingerprint density at radius 3 is 2.67 bits per heavy atom. The van der Waals surface area contributed by atoms with Crippen LogP contribution in [0.5, 0.6) is 0 Å². The SMILES string of the molecule is CC(=S)Nc1cc(Br)ccc1Br. The van der Waals surface area contributed by atoms with Gasteiger partial charge in [-0.25, -0.2) is 0 Å². The third-order valence-electron chi connectivity index (χ3n) is 1.24. The maximum atomic E-state index is 4.93. The number of halogens is 2. The minimum Gasteiger partial charge on any atom is -0.349 e. The Balaban J connectivity index is 2.97. The summed E-state index contributed by atoms with van der Waals surface area (Å²) in [7, 11) is 0. The monoisotopic (exact) mass is 307 g/mol. The second-order valence-electron chi connectivity index (χ2n) is 2.31. The largest absolute Gasteiger partial charge is 0.349 e. The molecular formula is C8H7Br2NS. The van der Waals surface area contributed by atoms with E-state index in [9.17, 15) is 0 Å². The Morgan fingerprint density at radius 2 is 2.08 bits per heavy atom. The Kier molecular flexibility index (Phi) is 3.68. The van der Waals surface area contributed by atoms with Crippen LogP contribution in [0, 0.1) is 0 Å². The number of rotatable bonds is 1. The van der Waals surface area contributed by atoms with Gasteiger partial charge in [-0.05, 0) is 41.1 Å². The highest BCUT2D eigenvalue weighted by Crippen LogP contribution is 2.25. The van der Waals surface area contributed by atoms with Gasteiger partial charge in [0, 0.05) is 8.95 Å². The summed E-state index contributed by atoms with van der Waals surface area (Å²) in [5, 5.41) is 3.07. The molecule has 0 unspecified atom stereocenters. The Hall–Kier alpha value is 0.0700. The van der Waals surface area contributed by atoms with Gasteiger partial charge in [0.2, 0.25) is 0 Å². The van der Waals surface area contributed by atoms with Crippen LogP contribution >= 0.6 is 44.1 Å². The molecule has 1 rings (SSSR count). The van der Waals surface area contributed by atoms with Crippen molar-refractivity contribution < 1.29 is 0 Å². The zero-order chi connectivity index (χ0) is 9.14. The molecule has 1 aromatic carbocycles. The predicted molar refractivity (Wildman–Crippen MR) is 63.7 cm³/mol. The Labute approximate surface area is 93.8 Å². The molecule has 0 radical (unpaired) electrons. The van der Waals surface area contributed by atoms with Crippen LogP contribution in [0.2, 0.25) is 0 Å². The van der Waals surface area contributed by atoms with Gasteiger partial charge in [-0.3, -0.25) is 0 Å². The summed E-state index contributed by atoms with van der Waals surface area (Å²) in [6.07, 6.45) is 0. The van der Waals surface area contributed by atoms with Gasteiger partial charge in [0.25, 0.3) is 0 Å². The molecule has 12 heavy (non-hydrogen) atoms. The molecule has 0 fully saturated rings. The molecule has 0 atom stereocenters. The minimum atomic E-state index is 0.758. The summed E-state index contributed by atoms with van der Waals surface area (Å²) >= 11 is 11.7. The van der Waals surface area contributed by atoms with E-state index >= 15 is 0 Å². The van der Waals surface area contributed by atoms with Crippen LogP contribution in [0.3, 0.4) is 0 Å². The van der Waals surface area contributed by atoms with E-state index in [2.05, 4.69) is 37.2 Å². The summed E-state index contributed by atoms with van der Waals surface area (Å²) in [5.41, 5.74) is 0.983. The molecule has 1 N–H and O–H groups in total. The van der Waals surface area contributed by atoms with Crippen molar-refractivity contribution in [2.45, 2.75) is 6.92 Å². The van der Waals surface area contributed by atoms with Crippen molar-refractivity contribution in [1.29, 1.82) is 0 Å².